The summed E-state index contributed by atoms with van der Waals surface area (Å²) < 4.78 is 9.71. The molecule has 138 valence electrons. The minimum absolute atomic E-state index is 0.0409. The standard InChI is InChI=1S/C17H20N4O4S/c1-3-24-17(23)25-14-6-4-13(5-7-14)15(22)20-8-10-21(11-9-20)16-19-18-12(2)26-16/h4-7H,3,8-11H2,1-2H3. The summed E-state index contributed by atoms with van der Waals surface area (Å²) in [6, 6.07) is 6.48. The van der Waals surface area contributed by atoms with Gasteiger partial charge in [-0.2, -0.15) is 0 Å². The van der Waals surface area contributed by atoms with Crippen molar-refractivity contribution < 1.29 is 19.1 Å². The van der Waals surface area contributed by atoms with Gasteiger partial charge in [-0.25, -0.2) is 4.79 Å². The number of rotatable bonds is 4. The first kappa shape index (κ1) is 18.1. The van der Waals surface area contributed by atoms with Gasteiger partial charge in [0, 0.05) is 31.7 Å². The quantitative estimate of drug-likeness (QED) is 0.598. The third kappa shape index (κ3) is 4.29. The zero-order chi connectivity index (χ0) is 18.5. The molecule has 1 aromatic carbocycles. The van der Waals surface area contributed by atoms with Crippen LogP contribution in [0, 0.1) is 6.92 Å². The number of carbonyl (C=O) groups is 2. The van der Waals surface area contributed by atoms with Crippen LogP contribution in [0.3, 0.4) is 0 Å². The van der Waals surface area contributed by atoms with Crippen LogP contribution in [0.5, 0.6) is 5.75 Å². The van der Waals surface area contributed by atoms with Crippen molar-refractivity contribution >= 4 is 28.5 Å². The Morgan fingerprint density at radius 2 is 1.81 bits per heavy atom. The topological polar surface area (TPSA) is 84.9 Å². The molecule has 3 rings (SSSR count). The lowest BCUT2D eigenvalue weighted by atomic mass is 10.1. The van der Waals surface area contributed by atoms with Crippen LogP contribution in [0.25, 0.3) is 0 Å². The molecular formula is C17H20N4O4S. The van der Waals surface area contributed by atoms with Crippen molar-refractivity contribution in [1.82, 2.24) is 15.1 Å². The summed E-state index contributed by atoms with van der Waals surface area (Å²) >= 11 is 1.56. The second-order valence-corrected chi connectivity index (χ2v) is 6.85. The SMILES string of the molecule is CCOC(=O)Oc1ccc(C(=O)N2CCN(c3nnc(C)s3)CC2)cc1. The van der Waals surface area contributed by atoms with Crippen molar-refractivity contribution in [3.05, 3.63) is 34.8 Å². The minimum atomic E-state index is -0.755. The van der Waals surface area contributed by atoms with E-state index in [9.17, 15) is 9.59 Å². The molecule has 0 bridgehead atoms. The summed E-state index contributed by atoms with van der Waals surface area (Å²) in [7, 11) is 0. The molecule has 0 aliphatic carbocycles. The van der Waals surface area contributed by atoms with E-state index in [4.69, 9.17) is 9.47 Å². The number of carbonyl (C=O) groups excluding carboxylic acids is 2. The van der Waals surface area contributed by atoms with Gasteiger partial charge in [-0.15, -0.1) is 10.2 Å². The minimum Gasteiger partial charge on any atom is -0.434 e. The molecule has 0 atom stereocenters. The first-order valence-corrected chi connectivity index (χ1v) is 9.17. The predicted molar refractivity (Wildman–Crippen MR) is 96.9 cm³/mol. The van der Waals surface area contributed by atoms with E-state index in [1.165, 1.54) is 0 Å². The van der Waals surface area contributed by atoms with Crippen molar-refractivity contribution in [2.45, 2.75) is 13.8 Å². The molecule has 1 aliphatic rings. The number of piperazine rings is 1. The molecule has 2 aromatic rings. The van der Waals surface area contributed by atoms with Gasteiger partial charge in [-0.1, -0.05) is 11.3 Å². The van der Waals surface area contributed by atoms with Gasteiger partial charge in [-0.05, 0) is 38.1 Å². The first-order valence-electron chi connectivity index (χ1n) is 8.36. The normalized spacial score (nSPS) is 14.2. The van der Waals surface area contributed by atoms with Crippen LogP contribution in [0.4, 0.5) is 9.93 Å². The third-order valence-electron chi connectivity index (χ3n) is 3.92. The summed E-state index contributed by atoms with van der Waals surface area (Å²) in [6.07, 6.45) is -0.755. The molecule has 9 heteroatoms. The summed E-state index contributed by atoms with van der Waals surface area (Å²) in [5, 5.41) is 10.0. The number of anilines is 1. The maximum Gasteiger partial charge on any atom is 0.513 e. The molecule has 1 amide bonds. The fraction of sp³-hybridized carbons (Fsp3) is 0.412. The molecule has 8 nitrogen and oxygen atoms in total. The van der Waals surface area contributed by atoms with Crippen LogP contribution in [0.1, 0.15) is 22.3 Å². The number of amides is 1. The lowest BCUT2D eigenvalue weighted by Crippen LogP contribution is -2.48. The van der Waals surface area contributed by atoms with Crippen LogP contribution >= 0.6 is 11.3 Å². The van der Waals surface area contributed by atoms with Crippen molar-refractivity contribution in [1.29, 1.82) is 0 Å². The average Bonchev–Trinajstić information content (AvgIpc) is 3.08. The lowest BCUT2D eigenvalue weighted by Gasteiger charge is -2.34. The highest BCUT2D eigenvalue weighted by atomic mass is 32.1. The van der Waals surface area contributed by atoms with Gasteiger partial charge in [0.1, 0.15) is 10.8 Å². The zero-order valence-electron chi connectivity index (χ0n) is 14.7. The lowest BCUT2D eigenvalue weighted by molar-refractivity contribution is 0.0746. The van der Waals surface area contributed by atoms with Gasteiger partial charge in [0.2, 0.25) is 5.13 Å². The van der Waals surface area contributed by atoms with Crippen LogP contribution < -0.4 is 9.64 Å². The predicted octanol–water partition coefficient (Wildman–Crippen LogP) is 2.34. The maximum atomic E-state index is 12.6. The van der Waals surface area contributed by atoms with Crippen LogP contribution in [0.2, 0.25) is 0 Å². The average molecular weight is 376 g/mol. The zero-order valence-corrected chi connectivity index (χ0v) is 15.5. The molecule has 0 spiro atoms. The van der Waals surface area contributed by atoms with Gasteiger partial charge < -0.3 is 19.3 Å². The van der Waals surface area contributed by atoms with E-state index in [0.29, 0.717) is 24.4 Å². The van der Waals surface area contributed by atoms with E-state index in [1.54, 1.807) is 42.5 Å². The molecular weight excluding hydrogens is 356 g/mol. The van der Waals surface area contributed by atoms with Gasteiger partial charge in [0.25, 0.3) is 5.91 Å². The Labute approximate surface area is 155 Å². The smallest absolute Gasteiger partial charge is 0.434 e. The van der Waals surface area contributed by atoms with Gasteiger partial charge >= 0.3 is 6.16 Å². The maximum absolute atomic E-state index is 12.6. The molecule has 0 radical (unpaired) electrons. The summed E-state index contributed by atoms with van der Waals surface area (Å²) in [5.74, 6) is 0.303. The number of aryl methyl sites for hydroxylation is 1. The van der Waals surface area contributed by atoms with Crippen LogP contribution in [-0.4, -0.2) is 59.9 Å². The highest BCUT2D eigenvalue weighted by molar-refractivity contribution is 7.15. The summed E-state index contributed by atoms with van der Waals surface area (Å²) in [6.45, 7) is 6.58. The number of benzene rings is 1. The van der Waals surface area contributed by atoms with E-state index >= 15 is 0 Å². The van der Waals surface area contributed by atoms with Crippen molar-refractivity contribution in [2.24, 2.45) is 0 Å². The molecule has 1 aromatic heterocycles. The van der Waals surface area contributed by atoms with Crippen LogP contribution in [-0.2, 0) is 4.74 Å². The van der Waals surface area contributed by atoms with E-state index in [1.807, 2.05) is 11.8 Å². The van der Waals surface area contributed by atoms with E-state index in [0.717, 1.165) is 23.2 Å². The Kier molecular flexibility index (Phi) is 5.67. The highest BCUT2D eigenvalue weighted by Crippen LogP contribution is 2.21. The fourth-order valence-electron chi connectivity index (χ4n) is 2.61. The van der Waals surface area contributed by atoms with E-state index < -0.39 is 6.16 Å². The monoisotopic (exact) mass is 376 g/mol. The second-order valence-electron chi connectivity index (χ2n) is 5.69. The summed E-state index contributed by atoms with van der Waals surface area (Å²) in [4.78, 5) is 27.9. The Morgan fingerprint density at radius 1 is 1.12 bits per heavy atom. The number of hydrogen-bond donors (Lipinski definition) is 0. The molecule has 2 heterocycles. The number of nitrogens with zero attached hydrogens (tertiary/aromatic N) is 4. The Balaban J connectivity index is 1.55. The number of hydrogen-bond acceptors (Lipinski definition) is 8. The summed E-state index contributed by atoms with van der Waals surface area (Å²) in [5.41, 5.74) is 0.557. The molecule has 0 saturated carbocycles. The van der Waals surface area contributed by atoms with Gasteiger partial charge in [0.05, 0.1) is 6.61 Å². The van der Waals surface area contributed by atoms with Gasteiger partial charge in [-0.3, -0.25) is 4.79 Å². The molecule has 1 aliphatic heterocycles. The van der Waals surface area contributed by atoms with Crippen LogP contribution in [0.15, 0.2) is 24.3 Å². The Hall–Kier alpha value is -2.68. The van der Waals surface area contributed by atoms with Crippen molar-refractivity contribution in [2.75, 3.05) is 37.7 Å². The number of aromatic nitrogens is 2. The second kappa shape index (κ2) is 8.13. The Bertz CT molecular complexity index is 769. The largest absolute Gasteiger partial charge is 0.513 e. The molecule has 0 N–H and O–H groups in total. The van der Waals surface area contributed by atoms with E-state index in [2.05, 4.69) is 15.1 Å². The Morgan fingerprint density at radius 3 is 2.38 bits per heavy atom. The number of ether oxygens (including phenoxy) is 2. The van der Waals surface area contributed by atoms with Crippen molar-refractivity contribution in [3.63, 3.8) is 0 Å². The van der Waals surface area contributed by atoms with E-state index in [-0.39, 0.29) is 12.5 Å². The van der Waals surface area contributed by atoms with Gasteiger partial charge in [0.15, 0.2) is 0 Å². The molecule has 1 saturated heterocycles. The first-order chi connectivity index (χ1) is 12.6. The third-order valence-corrected chi connectivity index (χ3v) is 4.82. The molecule has 1 fully saturated rings. The fourth-order valence-corrected chi connectivity index (χ4v) is 3.35. The highest BCUT2D eigenvalue weighted by Gasteiger charge is 2.24. The molecule has 26 heavy (non-hydrogen) atoms. The van der Waals surface area contributed by atoms with Crippen molar-refractivity contribution in [3.8, 4) is 5.75 Å². The molecule has 0 unspecified atom stereocenters.